The second kappa shape index (κ2) is 5.26. The van der Waals surface area contributed by atoms with Gasteiger partial charge in [-0.3, -0.25) is 0 Å². The first kappa shape index (κ1) is 12.2. The standard InChI is InChI=1S/C11H12BrNO2/c1-7-2-3-9(12)8(6-7)11(15)10(14)4-5-13/h2-3,6,10-11,14-15H,4H2,1H3. The van der Waals surface area contributed by atoms with E-state index in [1.54, 1.807) is 6.07 Å². The van der Waals surface area contributed by atoms with E-state index in [0.717, 1.165) is 10.0 Å². The van der Waals surface area contributed by atoms with Crippen LogP contribution in [0.4, 0.5) is 0 Å². The van der Waals surface area contributed by atoms with Crippen molar-refractivity contribution in [1.29, 1.82) is 5.26 Å². The summed E-state index contributed by atoms with van der Waals surface area (Å²) in [6.07, 6.45) is -2.16. The molecular formula is C11H12BrNO2. The minimum Gasteiger partial charge on any atom is -0.389 e. The monoisotopic (exact) mass is 269 g/mol. The molecule has 0 saturated heterocycles. The lowest BCUT2D eigenvalue weighted by Crippen LogP contribution is -2.18. The zero-order valence-electron chi connectivity index (χ0n) is 8.31. The summed E-state index contributed by atoms with van der Waals surface area (Å²) < 4.78 is 0.734. The number of halogens is 1. The highest BCUT2D eigenvalue weighted by Gasteiger charge is 2.20. The third-order valence-electron chi connectivity index (χ3n) is 2.14. The van der Waals surface area contributed by atoms with Crippen LogP contribution in [0.1, 0.15) is 23.7 Å². The smallest absolute Gasteiger partial charge is 0.107 e. The minimum atomic E-state index is -1.05. The lowest BCUT2D eigenvalue weighted by molar-refractivity contribution is 0.0212. The van der Waals surface area contributed by atoms with E-state index in [1.165, 1.54) is 0 Å². The predicted molar refractivity (Wildman–Crippen MR) is 60.1 cm³/mol. The largest absolute Gasteiger partial charge is 0.389 e. The number of aliphatic hydroxyl groups excluding tert-OH is 2. The van der Waals surface area contributed by atoms with Crippen LogP contribution in [0.25, 0.3) is 0 Å². The van der Waals surface area contributed by atoms with Crippen molar-refractivity contribution in [2.45, 2.75) is 25.6 Å². The first-order chi connectivity index (χ1) is 7.06. The summed E-state index contributed by atoms with van der Waals surface area (Å²) in [5.41, 5.74) is 1.61. The van der Waals surface area contributed by atoms with Gasteiger partial charge < -0.3 is 10.2 Å². The number of nitriles is 1. The Morgan fingerprint density at radius 1 is 1.47 bits per heavy atom. The van der Waals surface area contributed by atoms with Crippen molar-refractivity contribution in [1.82, 2.24) is 0 Å². The van der Waals surface area contributed by atoms with Gasteiger partial charge in [0.15, 0.2) is 0 Å². The number of rotatable bonds is 3. The van der Waals surface area contributed by atoms with Crippen LogP contribution in [0.5, 0.6) is 0 Å². The predicted octanol–water partition coefficient (Wildman–Crippen LogP) is 2.07. The van der Waals surface area contributed by atoms with Crippen molar-refractivity contribution in [2.75, 3.05) is 0 Å². The summed E-state index contributed by atoms with van der Waals surface area (Å²) in [7, 11) is 0. The van der Waals surface area contributed by atoms with E-state index in [4.69, 9.17) is 5.26 Å². The van der Waals surface area contributed by atoms with Gasteiger partial charge in [-0.1, -0.05) is 33.6 Å². The topological polar surface area (TPSA) is 64.2 Å². The highest BCUT2D eigenvalue weighted by atomic mass is 79.9. The van der Waals surface area contributed by atoms with E-state index in [-0.39, 0.29) is 6.42 Å². The molecule has 2 unspecified atom stereocenters. The van der Waals surface area contributed by atoms with E-state index in [2.05, 4.69) is 15.9 Å². The summed E-state index contributed by atoms with van der Waals surface area (Å²) >= 11 is 3.30. The molecule has 0 saturated carbocycles. The van der Waals surface area contributed by atoms with E-state index < -0.39 is 12.2 Å². The summed E-state index contributed by atoms with van der Waals surface area (Å²) in [5.74, 6) is 0. The van der Waals surface area contributed by atoms with Crippen molar-refractivity contribution in [3.05, 3.63) is 33.8 Å². The molecule has 1 aromatic carbocycles. The molecule has 0 aliphatic rings. The molecule has 4 heteroatoms. The summed E-state index contributed by atoms with van der Waals surface area (Å²) in [6, 6.07) is 7.33. The van der Waals surface area contributed by atoms with Crippen LogP contribution in [0.3, 0.4) is 0 Å². The van der Waals surface area contributed by atoms with Crippen LogP contribution in [0.15, 0.2) is 22.7 Å². The lowest BCUT2D eigenvalue weighted by Gasteiger charge is -2.17. The van der Waals surface area contributed by atoms with E-state index in [1.807, 2.05) is 25.1 Å². The van der Waals surface area contributed by atoms with E-state index in [9.17, 15) is 10.2 Å². The van der Waals surface area contributed by atoms with E-state index in [0.29, 0.717) is 5.56 Å². The second-order valence-electron chi connectivity index (χ2n) is 3.40. The fourth-order valence-electron chi connectivity index (χ4n) is 1.30. The Labute approximate surface area is 97.1 Å². The Balaban J connectivity index is 2.95. The van der Waals surface area contributed by atoms with Gasteiger partial charge in [-0.05, 0) is 18.6 Å². The number of aliphatic hydroxyl groups is 2. The minimum absolute atomic E-state index is 0.0818. The molecule has 0 aliphatic carbocycles. The molecule has 2 N–H and O–H groups in total. The van der Waals surface area contributed by atoms with Gasteiger partial charge in [0.25, 0.3) is 0 Å². The maximum Gasteiger partial charge on any atom is 0.107 e. The molecule has 0 radical (unpaired) electrons. The van der Waals surface area contributed by atoms with Gasteiger partial charge in [-0.15, -0.1) is 0 Å². The van der Waals surface area contributed by atoms with Crippen LogP contribution < -0.4 is 0 Å². The number of hydrogen-bond donors (Lipinski definition) is 2. The maximum atomic E-state index is 9.79. The van der Waals surface area contributed by atoms with Crippen molar-refractivity contribution >= 4 is 15.9 Å². The van der Waals surface area contributed by atoms with Crippen LogP contribution in [0.2, 0.25) is 0 Å². The summed E-state index contributed by atoms with van der Waals surface area (Å²) in [5, 5.41) is 27.7. The molecule has 1 rings (SSSR count). The lowest BCUT2D eigenvalue weighted by atomic mass is 10.0. The highest BCUT2D eigenvalue weighted by molar-refractivity contribution is 9.10. The zero-order valence-corrected chi connectivity index (χ0v) is 9.90. The van der Waals surface area contributed by atoms with Gasteiger partial charge in [-0.25, -0.2) is 0 Å². The second-order valence-corrected chi connectivity index (χ2v) is 4.25. The molecule has 80 valence electrons. The third kappa shape index (κ3) is 3.03. The van der Waals surface area contributed by atoms with Gasteiger partial charge >= 0.3 is 0 Å². The summed E-state index contributed by atoms with van der Waals surface area (Å²) in [6.45, 7) is 1.90. The van der Waals surface area contributed by atoms with Gasteiger partial charge in [-0.2, -0.15) is 5.26 Å². The third-order valence-corrected chi connectivity index (χ3v) is 2.86. The molecule has 0 spiro atoms. The maximum absolute atomic E-state index is 9.79. The van der Waals surface area contributed by atoms with Crippen LogP contribution in [-0.4, -0.2) is 16.3 Å². The molecule has 0 aromatic heterocycles. The molecule has 0 fully saturated rings. The van der Waals surface area contributed by atoms with Crippen molar-refractivity contribution in [2.24, 2.45) is 0 Å². The Hall–Kier alpha value is -0.890. The molecule has 15 heavy (non-hydrogen) atoms. The van der Waals surface area contributed by atoms with Crippen molar-refractivity contribution in [3.8, 4) is 6.07 Å². The fourth-order valence-corrected chi connectivity index (χ4v) is 1.78. The SMILES string of the molecule is Cc1ccc(Br)c(C(O)C(O)CC#N)c1. The molecule has 0 heterocycles. The fraction of sp³-hybridized carbons (Fsp3) is 0.364. The highest BCUT2D eigenvalue weighted by Crippen LogP contribution is 2.27. The average molecular weight is 270 g/mol. The Kier molecular flexibility index (Phi) is 4.28. The Morgan fingerprint density at radius 2 is 2.13 bits per heavy atom. The van der Waals surface area contributed by atoms with E-state index >= 15 is 0 Å². The number of hydrogen-bond acceptors (Lipinski definition) is 3. The molecule has 0 amide bonds. The summed E-state index contributed by atoms with van der Waals surface area (Å²) in [4.78, 5) is 0. The molecule has 1 aromatic rings. The Morgan fingerprint density at radius 3 is 2.73 bits per heavy atom. The average Bonchev–Trinajstić information content (AvgIpc) is 2.21. The first-order valence-corrected chi connectivity index (χ1v) is 5.34. The number of benzene rings is 1. The van der Waals surface area contributed by atoms with Crippen LogP contribution >= 0.6 is 15.9 Å². The molecular weight excluding hydrogens is 258 g/mol. The van der Waals surface area contributed by atoms with Gasteiger partial charge in [0, 0.05) is 4.47 Å². The molecule has 3 nitrogen and oxygen atoms in total. The molecule has 0 bridgehead atoms. The van der Waals surface area contributed by atoms with Gasteiger partial charge in [0.2, 0.25) is 0 Å². The number of nitrogens with zero attached hydrogens (tertiary/aromatic N) is 1. The van der Waals surface area contributed by atoms with Gasteiger partial charge in [0.1, 0.15) is 6.10 Å². The van der Waals surface area contributed by atoms with Crippen LogP contribution in [0, 0.1) is 18.3 Å². The Bertz CT molecular complexity index is 387. The molecule has 2 atom stereocenters. The van der Waals surface area contributed by atoms with Crippen LogP contribution in [-0.2, 0) is 0 Å². The van der Waals surface area contributed by atoms with Crippen molar-refractivity contribution in [3.63, 3.8) is 0 Å². The first-order valence-electron chi connectivity index (χ1n) is 4.55. The van der Waals surface area contributed by atoms with Crippen molar-refractivity contribution < 1.29 is 10.2 Å². The molecule has 0 aliphatic heterocycles. The number of aryl methyl sites for hydroxylation is 1. The quantitative estimate of drug-likeness (QED) is 0.883. The van der Waals surface area contributed by atoms with Gasteiger partial charge in [0.05, 0.1) is 18.6 Å². The zero-order chi connectivity index (χ0) is 11.4. The normalized spacial score (nSPS) is 14.3.